The Hall–Kier alpha value is 0.929. The van der Waals surface area contributed by atoms with Crippen molar-refractivity contribution in [3.8, 4) is 5.75 Å². The average molecular weight is 343 g/mol. The van der Waals surface area contributed by atoms with Gasteiger partial charge < -0.3 is 4.74 Å². The number of ether oxygens (including phenoxy) is 1. The summed E-state index contributed by atoms with van der Waals surface area (Å²) in [5.74, 6) is 0.835. The minimum atomic E-state index is 0. The Morgan fingerprint density at radius 3 is 2.79 bits per heavy atom. The van der Waals surface area contributed by atoms with Crippen molar-refractivity contribution in [3.63, 3.8) is 0 Å². The van der Waals surface area contributed by atoms with Crippen LogP contribution < -0.4 is 62.9 Å². The molecule has 0 unspecified atom stereocenters. The summed E-state index contributed by atoms with van der Waals surface area (Å²) < 4.78 is 5.08. The van der Waals surface area contributed by atoms with Crippen LogP contribution in [-0.2, 0) is 19.5 Å². The normalized spacial score (nSPS) is 8.64. The zero-order chi connectivity index (χ0) is 8.39. The maximum atomic E-state index is 5.08. The second-order valence-corrected chi connectivity index (χ2v) is 2.54. The molecule has 0 aliphatic carbocycles. The molecule has 67 valence electrons. The first-order valence-electron chi connectivity index (χ1n) is 3.76. The first kappa shape index (κ1) is 14.9. The van der Waals surface area contributed by atoms with E-state index in [2.05, 4.69) is 12.1 Å². The summed E-state index contributed by atoms with van der Waals surface area (Å²) >= 11 is 0. The number of rotatable bonds is 1. The number of fused-ring (bicyclic) bond motifs is 1. The van der Waals surface area contributed by atoms with Crippen molar-refractivity contribution in [2.24, 2.45) is 0 Å². The fourth-order valence-electron chi connectivity index (χ4n) is 1.15. The van der Waals surface area contributed by atoms with Crippen LogP contribution in [0.5, 0.6) is 5.75 Å². The largest absolute Gasteiger partial charge is 1.00 e. The molecule has 3 heteroatoms. The molecule has 1 nitrogen and oxygen atoms in total. The monoisotopic (exact) mass is 343 g/mol. The van der Waals surface area contributed by atoms with Crippen LogP contribution in [0.4, 0.5) is 0 Å². The molecule has 0 saturated carbocycles. The van der Waals surface area contributed by atoms with Crippen molar-refractivity contribution < 1.29 is 82.4 Å². The molecule has 0 atom stereocenters. The number of methoxy groups -OCH3 is 1. The predicted molar refractivity (Wildman–Crippen MR) is 48.2 cm³/mol. The first-order valence-corrected chi connectivity index (χ1v) is 3.76. The summed E-state index contributed by atoms with van der Waals surface area (Å²) in [6.45, 7) is 0. The molecule has 0 saturated heterocycles. The maximum absolute atomic E-state index is 5.08. The van der Waals surface area contributed by atoms with Gasteiger partial charge >= 0.3 is 77.7 Å². The van der Waals surface area contributed by atoms with Crippen LogP contribution in [0, 0.1) is 12.1 Å². The van der Waals surface area contributed by atoms with Gasteiger partial charge in [0.1, 0.15) is 0 Å². The van der Waals surface area contributed by atoms with Gasteiger partial charge in [0, 0.05) is 0 Å². The Balaban J connectivity index is 0.000000845. The van der Waals surface area contributed by atoms with Crippen LogP contribution in [-0.4, -0.2) is 7.11 Å². The Labute approximate surface area is 146 Å². The minimum absolute atomic E-state index is 0. The summed E-state index contributed by atoms with van der Waals surface area (Å²) in [7, 11) is 1.65. The van der Waals surface area contributed by atoms with Crippen molar-refractivity contribution in [1.29, 1.82) is 0 Å². The molecule has 14 heavy (non-hydrogen) atoms. The molecule has 0 aliphatic heterocycles. The Kier molecular flexibility index (Phi) is 7.72. The Morgan fingerprint density at radius 2 is 2.07 bits per heavy atom. The molecule has 0 fully saturated rings. The van der Waals surface area contributed by atoms with Gasteiger partial charge in [0.15, 0.2) is 0 Å². The van der Waals surface area contributed by atoms with Crippen molar-refractivity contribution in [3.05, 3.63) is 42.5 Å². The van der Waals surface area contributed by atoms with Crippen molar-refractivity contribution in [2.75, 3.05) is 7.11 Å². The van der Waals surface area contributed by atoms with E-state index in [-0.39, 0.29) is 77.7 Å². The van der Waals surface area contributed by atoms with Gasteiger partial charge in [-0.2, -0.15) is 18.2 Å². The molecular formula is C11H8ORbRu. The molecule has 0 bridgehead atoms. The fraction of sp³-hybridized carbons (Fsp3) is 0.0909. The van der Waals surface area contributed by atoms with E-state index in [4.69, 9.17) is 4.74 Å². The second-order valence-electron chi connectivity index (χ2n) is 2.54. The zero-order valence-corrected chi connectivity index (χ0v) is 14.8. The van der Waals surface area contributed by atoms with E-state index in [0.29, 0.717) is 0 Å². The average Bonchev–Trinajstić information content (AvgIpc) is 2.17. The molecule has 0 amide bonds. The molecule has 0 aromatic heterocycles. The van der Waals surface area contributed by atoms with Gasteiger partial charge in [-0.1, -0.05) is 11.8 Å². The Morgan fingerprint density at radius 1 is 1.29 bits per heavy atom. The van der Waals surface area contributed by atoms with Crippen LogP contribution >= 0.6 is 0 Å². The van der Waals surface area contributed by atoms with E-state index in [1.807, 2.05) is 30.3 Å². The summed E-state index contributed by atoms with van der Waals surface area (Å²) in [6, 6.07) is 15.8. The van der Waals surface area contributed by atoms with Crippen LogP contribution in [0.1, 0.15) is 0 Å². The third-order valence-electron chi connectivity index (χ3n) is 1.78. The van der Waals surface area contributed by atoms with Crippen LogP contribution in [0.25, 0.3) is 10.8 Å². The van der Waals surface area contributed by atoms with E-state index < -0.39 is 0 Å². The standard InChI is InChI=1S/C11H8O.Rb.Ru/c1-12-11-7-6-9-4-2-3-5-10(9)8-11;;/h2-3,5,7-8H,1H3;;/q-2;2*+1. The molecule has 0 heterocycles. The molecule has 2 aromatic carbocycles. The van der Waals surface area contributed by atoms with Gasteiger partial charge in [-0.3, -0.25) is 17.5 Å². The maximum Gasteiger partial charge on any atom is 1.00 e. The fourth-order valence-corrected chi connectivity index (χ4v) is 1.15. The quantitative estimate of drug-likeness (QED) is 0.499. The van der Waals surface area contributed by atoms with Crippen molar-refractivity contribution in [2.45, 2.75) is 0 Å². The topological polar surface area (TPSA) is 9.23 Å². The molecule has 2 rings (SSSR count). The summed E-state index contributed by atoms with van der Waals surface area (Å²) in [6.07, 6.45) is 0. The van der Waals surface area contributed by atoms with Gasteiger partial charge in [-0.25, -0.2) is 5.39 Å². The van der Waals surface area contributed by atoms with Crippen molar-refractivity contribution >= 4 is 10.8 Å². The van der Waals surface area contributed by atoms with E-state index in [1.54, 1.807) is 7.11 Å². The molecule has 1 radical (unpaired) electrons. The third kappa shape index (κ3) is 3.50. The SMILES string of the molecule is COc1c[c-]c2[c-]cccc2c1.[Rb+].[Ru+]. The summed E-state index contributed by atoms with van der Waals surface area (Å²) in [4.78, 5) is 0. The summed E-state index contributed by atoms with van der Waals surface area (Å²) in [5, 5.41) is 2.11. The number of benzene rings is 2. The molecular weight excluding hydrogens is 335 g/mol. The van der Waals surface area contributed by atoms with E-state index in [0.717, 1.165) is 16.5 Å². The predicted octanol–water partition coefficient (Wildman–Crippen LogP) is -0.550. The van der Waals surface area contributed by atoms with Gasteiger partial charge in [0.25, 0.3) is 0 Å². The van der Waals surface area contributed by atoms with Crippen LogP contribution in [0.15, 0.2) is 30.3 Å². The summed E-state index contributed by atoms with van der Waals surface area (Å²) in [5.41, 5.74) is 0. The van der Waals surface area contributed by atoms with Crippen LogP contribution in [0.2, 0.25) is 0 Å². The number of hydrogen-bond donors (Lipinski definition) is 0. The van der Waals surface area contributed by atoms with E-state index in [1.165, 1.54) is 0 Å². The molecule has 0 aliphatic rings. The second kappa shape index (κ2) is 7.24. The third-order valence-corrected chi connectivity index (χ3v) is 1.78. The molecule has 2 aromatic rings. The Bertz CT molecular complexity index is 403. The smallest absolute Gasteiger partial charge is 0.583 e. The first-order chi connectivity index (χ1) is 5.90. The zero-order valence-electron chi connectivity index (χ0n) is 8.15. The van der Waals surface area contributed by atoms with Gasteiger partial charge in [-0.05, 0) is 0 Å². The van der Waals surface area contributed by atoms with Gasteiger partial charge in [0.05, 0.1) is 7.11 Å². The molecule has 0 N–H and O–H groups in total. The minimum Gasteiger partial charge on any atom is -0.583 e. The molecule has 0 spiro atoms. The van der Waals surface area contributed by atoms with Crippen LogP contribution in [0.3, 0.4) is 0 Å². The van der Waals surface area contributed by atoms with Crippen molar-refractivity contribution in [1.82, 2.24) is 0 Å². The van der Waals surface area contributed by atoms with Gasteiger partial charge in [-0.15, -0.1) is 6.07 Å². The number of hydrogen-bond acceptors (Lipinski definition) is 1. The van der Waals surface area contributed by atoms with E-state index >= 15 is 0 Å². The van der Waals surface area contributed by atoms with E-state index in [9.17, 15) is 0 Å². The van der Waals surface area contributed by atoms with Gasteiger partial charge in [0.2, 0.25) is 0 Å².